The summed E-state index contributed by atoms with van der Waals surface area (Å²) < 4.78 is 0. The molecule has 0 aliphatic heterocycles. The molecule has 9 heavy (non-hydrogen) atoms. The molecule has 0 radical (unpaired) electrons. The molecular formula is C4H7BrO4. The summed E-state index contributed by atoms with van der Waals surface area (Å²) in [6.07, 6.45) is -1.23. The Morgan fingerprint density at radius 3 is 2.22 bits per heavy atom. The van der Waals surface area contributed by atoms with Crippen LogP contribution in [-0.2, 0) is 4.79 Å². The Labute approximate surface area is 60.2 Å². The molecule has 0 saturated carbocycles. The van der Waals surface area contributed by atoms with Gasteiger partial charge in [-0.05, 0) is 0 Å². The fraction of sp³-hybridized carbons (Fsp3) is 0.750. The lowest BCUT2D eigenvalue weighted by Gasteiger charge is -2.08. The maximum absolute atomic E-state index is 9.98. The van der Waals surface area contributed by atoms with Crippen molar-refractivity contribution in [3.8, 4) is 0 Å². The second-order valence-corrected chi connectivity index (χ2v) is 2.48. The Morgan fingerprint density at radius 2 is 2.11 bits per heavy atom. The number of hydrogen-bond donors (Lipinski definition) is 3. The lowest BCUT2D eigenvalue weighted by atomic mass is 10.3. The van der Waals surface area contributed by atoms with E-state index >= 15 is 0 Å². The van der Waals surface area contributed by atoms with Crippen LogP contribution in [0.25, 0.3) is 0 Å². The minimum atomic E-state index is -1.23. The van der Waals surface area contributed by atoms with Gasteiger partial charge in [-0.25, -0.2) is 0 Å². The summed E-state index contributed by atoms with van der Waals surface area (Å²) in [5.74, 6) is -1.18. The quantitative estimate of drug-likeness (QED) is 0.519. The minimum absolute atomic E-state index is 0.553. The summed E-state index contributed by atoms with van der Waals surface area (Å²) in [4.78, 5) is 8.90. The van der Waals surface area contributed by atoms with Gasteiger partial charge < -0.3 is 15.3 Å². The Bertz CT molecular complexity index is 105. The van der Waals surface area contributed by atoms with Crippen LogP contribution < -0.4 is 0 Å². The molecule has 3 N–H and O–H groups in total. The molecule has 5 heteroatoms. The zero-order valence-electron chi connectivity index (χ0n) is 4.49. The number of carbonyl (C=O) groups is 1. The van der Waals surface area contributed by atoms with E-state index in [4.69, 9.17) is 15.3 Å². The van der Waals surface area contributed by atoms with E-state index in [1.54, 1.807) is 0 Å². The molecule has 0 aliphatic rings. The van der Waals surface area contributed by atoms with Gasteiger partial charge in [0.1, 0.15) is 10.9 Å². The average molecular weight is 199 g/mol. The van der Waals surface area contributed by atoms with Gasteiger partial charge in [0.25, 0.3) is 0 Å². The van der Waals surface area contributed by atoms with E-state index < -0.39 is 23.5 Å². The van der Waals surface area contributed by atoms with E-state index in [0.717, 1.165) is 0 Å². The summed E-state index contributed by atoms with van der Waals surface area (Å²) in [6.45, 7) is -0.553. The second kappa shape index (κ2) is 3.81. The minimum Gasteiger partial charge on any atom is -0.480 e. The van der Waals surface area contributed by atoms with Crippen molar-refractivity contribution in [3.63, 3.8) is 0 Å². The molecule has 2 atom stereocenters. The van der Waals surface area contributed by atoms with E-state index in [1.165, 1.54) is 0 Å². The standard InChI is InChI=1S/C4H7BrO4/c5-3(4(8)9)2(7)1-6/h2-3,6-7H,1H2,(H,8,9)/t2-,3-/m0/s1. The SMILES string of the molecule is O=C(O)[C@@H](Br)[C@@H](O)CO. The van der Waals surface area contributed by atoms with Crippen molar-refractivity contribution in [2.45, 2.75) is 10.9 Å². The van der Waals surface area contributed by atoms with Crippen LogP contribution in [0.1, 0.15) is 0 Å². The number of carboxylic acids is 1. The van der Waals surface area contributed by atoms with Crippen molar-refractivity contribution in [1.29, 1.82) is 0 Å². The molecule has 0 aliphatic carbocycles. The summed E-state index contributed by atoms with van der Waals surface area (Å²) in [5, 5.41) is 25.0. The van der Waals surface area contributed by atoms with Crippen molar-refractivity contribution in [2.75, 3.05) is 6.61 Å². The van der Waals surface area contributed by atoms with Crippen LogP contribution in [0.3, 0.4) is 0 Å². The summed E-state index contributed by atoms with van der Waals surface area (Å²) >= 11 is 2.66. The predicted molar refractivity (Wildman–Crippen MR) is 33.4 cm³/mol. The molecule has 0 saturated heterocycles. The molecule has 4 nitrogen and oxygen atoms in total. The third-order valence-corrected chi connectivity index (χ3v) is 1.76. The average Bonchev–Trinajstić information content (AvgIpc) is 1.84. The first-order valence-electron chi connectivity index (χ1n) is 2.25. The summed E-state index contributed by atoms with van der Waals surface area (Å²) in [6, 6.07) is 0. The smallest absolute Gasteiger partial charge is 0.320 e. The normalized spacial score (nSPS) is 16.8. The first-order valence-corrected chi connectivity index (χ1v) is 3.17. The van der Waals surface area contributed by atoms with Crippen molar-refractivity contribution in [1.82, 2.24) is 0 Å². The molecule has 0 aromatic carbocycles. The maximum Gasteiger partial charge on any atom is 0.320 e. The Kier molecular flexibility index (Phi) is 3.76. The summed E-state index contributed by atoms with van der Waals surface area (Å²) in [5.41, 5.74) is 0. The number of alkyl halides is 1. The number of aliphatic carboxylic acids is 1. The monoisotopic (exact) mass is 198 g/mol. The van der Waals surface area contributed by atoms with E-state index in [1.807, 2.05) is 0 Å². The number of aliphatic hydroxyl groups is 2. The first kappa shape index (κ1) is 8.87. The highest BCUT2D eigenvalue weighted by Gasteiger charge is 2.21. The highest BCUT2D eigenvalue weighted by molar-refractivity contribution is 9.10. The van der Waals surface area contributed by atoms with Crippen LogP contribution in [0.15, 0.2) is 0 Å². The van der Waals surface area contributed by atoms with Gasteiger partial charge >= 0.3 is 5.97 Å². The molecule has 54 valence electrons. The van der Waals surface area contributed by atoms with Gasteiger partial charge in [0, 0.05) is 0 Å². The molecule has 0 rings (SSSR count). The van der Waals surface area contributed by atoms with Gasteiger partial charge in [-0.15, -0.1) is 0 Å². The third-order valence-electron chi connectivity index (χ3n) is 0.761. The van der Waals surface area contributed by atoms with Gasteiger partial charge in [-0.2, -0.15) is 0 Å². The summed E-state index contributed by atoms with van der Waals surface area (Å²) in [7, 11) is 0. The predicted octanol–water partition coefficient (Wildman–Crippen LogP) is -0.812. The molecule has 0 fully saturated rings. The van der Waals surface area contributed by atoms with Gasteiger partial charge in [0.2, 0.25) is 0 Å². The molecule has 0 aromatic heterocycles. The number of carboxylic acid groups (broad SMARTS) is 1. The fourth-order valence-corrected chi connectivity index (χ4v) is 0.424. The van der Waals surface area contributed by atoms with Crippen molar-refractivity contribution < 1.29 is 20.1 Å². The number of rotatable bonds is 3. The largest absolute Gasteiger partial charge is 0.480 e. The van der Waals surface area contributed by atoms with Gasteiger partial charge in [0.15, 0.2) is 0 Å². The number of halogens is 1. The molecule has 0 spiro atoms. The molecule has 0 bridgehead atoms. The van der Waals surface area contributed by atoms with Gasteiger partial charge in [0.05, 0.1) is 6.61 Å². The van der Waals surface area contributed by atoms with Gasteiger partial charge in [-0.3, -0.25) is 4.79 Å². The third kappa shape index (κ3) is 2.78. The van der Waals surface area contributed by atoms with Crippen LogP contribution >= 0.6 is 15.9 Å². The fourth-order valence-electron chi connectivity index (χ4n) is 0.257. The molecule has 0 amide bonds. The Morgan fingerprint density at radius 1 is 1.67 bits per heavy atom. The molecule has 0 unspecified atom stereocenters. The lowest BCUT2D eigenvalue weighted by molar-refractivity contribution is -0.138. The van der Waals surface area contributed by atoms with E-state index in [2.05, 4.69) is 15.9 Å². The van der Waals surface area contributed by atoms with E-state index in [9.17, 15) is 4.79 Å². The molecular weight excluding hydrogens is 192 g/mol. The zero-order chi connectivity index (χ0) is 7.44. The van der Waals surface area contributed by atoms with Crippen molar-refractivity contribution >= 4 is 21.9 Å². The lowest BCUT2D eigenvalue weighted by Crippen LogP contribution is -2.31. The van der Waals surface area contributed by atoms with Gasteiger partial charge in [-0.1, -0.05) is 15.9 Å². The van der Waals surface area contributed by atoms with Crippen molar-refractivity contribution in [2.24, 2.45) is 0 Å². The van der Waals surface area contributed by atoms with Crippen molar-refractivity contribution in [3.05, 3.63) is 0 Å². The van der Waals surface area contributed by atoms with E-state index in [-0.39, 0.29) is 0 Å². The highest BCUT2D eigenvalue weighted by Crippen LogP contribution is 2.04. The second-order valence-electron chi connectivity index (χ2n) is 1.49. The van der Waals surface area contributed by atoms with Crippen LogP contribution in [0.2, 0.25) is 0 Å². The highest BCUT2D eigenvalue weighted by atomic mass is 79.9. The Balaban J connectivity index is 3.72. The van der Waals surface area contributed by atoms with Crippen LogP contribution in [0, 0.1) is 0 Å². The Hall–Kier alpha value is -0.130. The molecule has 0 heterocycles. The molecule has 0 aromatic rings. The van der Waals surface area contributed by atoms with Crippen LogP contribution in [0.4, 0.5) is 0 Å². The van der Waals surface area contributed by atoms with E-state index in [0.29, 0.717) is 0 Å². The van der Waals surface area contributed by atoms with Crippen LogP contribution in [-0.4, -0.2) is 38.8 Å². The number of aliphatic hydroxyl groups excluding tert-OH is 2. The first-order chi connectivity index (χ1) is 4.09. The topological polar surface area (TPSA) is 77.8 Å². The van der Waals surface area contributed by atoms with Crippen LogP contribution in [0.5, 0.6) is 0 Å². The number of hydrogen-bond acceptors (Lipinski definition) is 3. The zero-order valence-corrected chi connectivity index (χ0v) is 6.08. The maximum atomic E-state index is 9.98.